The van der Waals surface area contributed by atoms with Gasteiger partial charge in [-0.25, -0.2) is 0 Å². The Morgan fingerprint density at radius 2 is 1.70 bits per heavy atom. The summed E-state index contributed by atoms with van der Waals surface area (Å²) < 4.78 is 0. The summed E-state index contributed by atoms with van der Waals surface area (Å²) in [6.07, 6.45) is 1.09. The Kier molecular flexibility index (Phi) is 3.32. The largest absolute Gasteiger partial charge is 0.0888 e. The van der Waals surface area contributed by atoms with Gasteiger partial charge in [0, 0.05) is 15.2 Å². The highest BCUT2D eigenvalue weighted by molar-refractivity contribution is 7.99. The van der Waals surface area contributed by atoms with Crippen molar-refractivity contribution in [2.45, 2.75) is 49.3 Å². The van der Waals surface area contributed by atoms with Crippen molar-refractivity contribution in [1.29, 1.82) is 0 Å². The Morgan fingerprint density at radius 1 is 0.870 bits per heavy atom. The minimum atomic E-state index is 0.161. The van der Waals surface area contributed by atoms with Gasteiger partial charge < -0.3 is 0 Å². The van der Waals surface area contributed by atoms with Crippen LogP contribution in [0.3, 0.4) is 0 Å². The molecule has 4 rings (SSSR count). The van der Waals surface area contributed by atoms with Gasteiger partial charge in [0.15, 0.2) is 0 Å². The minimum Gasteiger partial charge on any atom is -0.0888 e. The topological polar surface area (TPSA) is 0 Å². The van der Waals surface area contributed by atoms with Crippen LogP contribution in [-0.2, 0) is 11.8 Å². The van der Waals surface area contributed by atoms with Crippen LogP contribution in [0.15, 0.2) is 58.3 Å². The molecule has 0 bridgehead atoms. The van der Waals surface area contributed by atoms with Gasteiger partial charge in [0.05, 0.1) is 0 Å². The van der Waals surface area contributed by atoms with Crippen LogP contribution in [0.5, 0.6) is 0 Å². The summed E-state index contributed by atoms with van der Waals surface area (Å²) in [4.78, 5) is 2.79. The zero-order chi connectivity index (χ0) is 16.2. The molecule has 0 aromatic heterocycles. The van der Waals surface area contributed by atoms with Gasteiger partial charge in [-0.05, 0) is 51.6 Å². The first-order chi connectivity index (χ1) is 11.0. The molecule has 0 aliphatic carbocycles. The van der Waals surface area contributed by atoms with Gasteiger partial charge in [0.1, 0.15) is 0 Å². The van der Waals surface area contributed by atoms with Crippen LogP contribution in [0.4, 0.5) is 0 Å². The van der Waals surface area contributed by atoms with E-state index >= 15 is 0 Å². The van der Waals surface area contributed by atoms with Gasteiger partial charge >= 0.3 is 0 Å². The third kappa shape index (κ3) is 2.30. The van der Waals surface area contributed by atoms with Gasteiger partial charge in [-0.1, -0.05) is 75.9 Å². The molecular weight excluding hydrogens is 296 g/mol. The van der Waals surface area contributed by atoms with Crippen LogP contribution in [0.1, 0.15) is 38.8 Å². The van der Waals surface area contributed by atoms with Crippen LogP contribution in [0, 0.1) is 0 Å². The van der Waals surface area contributed by atoms with Crippen molar-refractivity contribution < 1.29 is 0 Å². The highest BCUT2D eigenvalue weighted by Gasteiger charge is 2.23. The molecule has 3 aromatic carbocycles. The molecule has 0 radical (unpaired) electrons. The van der Waals surface area contributed by atoms with E-state index in [1.807, 2.05) is 11.8 Å². The van der Waals surface area contributed by atoms with Crippen molar-refractivity contribution in [2.24, 2.45) is 0 Å². The van der Waals surface area contributed by atoms with E-state index in [1.54, 1.807) is 0 Å². The molecule has 0 spiro atoms. The lowest BCUT2D eigenvalue weighted by molar-refractivity contribution is 0.595. The Bertz CT molecular complexity index is 913. The van der Waals surface area contributed by atoms with Crippen LogP contribution < -0.4 is 0 Å². The van der Waals surface area contributed by atoms with Gasteiger partial charge in [-0.2, -0.15) is 0 Å². The molecule has 0 fully saturated rings. The Labute approximate surface area is 142 Å². The average molecular weight is 318 g/mol. The second kappa shape index (κ2) is 5.14. The first-order valence-corrected chi connectivity index (χ1v) is 9.18. The quantitative estimate of drug-likeness (QED) is 0.370. The molecule has 0 atom stereocenters. The maximum absolute atomic E-state index is 2.36. The smallest absolute Gasteiger partial charge is 0.0207 e. The van der Waals surface area contributed by atoms with Crippen LogP contribution >= 0.6 is 11.8 Å². The summed E-state index contributed by atoms with van der Waals surface area (Å²) in [6, 6.07) is 18.4. The first kappa shape index (κ1) is 14.8. The predicted molar refractivity (Wildman–Crippen MR) is 102 cm³/mol. The molecule has 0 nitrogen and oxygen atoms in total. The maximum atomic E-state index is 2.36. The zero-order valence-electron chi connectivity index (χ0n) is 14.2. The van der Waals surface area contributed by atoms with E-state index in [2.05, 4.69) is 76.2 Å². The summed E-state index contributed by atoms with van der Waals surface area (Å²) in [5, 5.41) is 2.84. The molecule has 1 aliphatic heterocycles. The normalized spacial score (nSPS) is 13.2. The average Bonchev–Trinajstić information content (AvgIpc) is 2.53. The molecule has 0 saturated heterocycles. The molecule has 0 amide bonds. The summed E-state index contributed by atoms with van der Waals surface area (Å²) in [6.45, 7) is 9.12. The molecule has 0 N–H and O–H groups in total. The third-order valence-corrected chi connectivity index (χ3v) is 5.89. The molecular formula is C22H22S. The van der Waals surface area contributed by atoms with Crippen molar-refractivity contribution in [1.82, 2.24) is 0 Å². The van der Waals surface area contributed by atoms with E-state index in [-0.39, 0.29) is 5.41 Å². The van der Waals surface area contributed by atoms with Crippen LogP contribution in [-0.4, -0.2) is 0 Å². The van der Waals surface area contributed by atoms with Crippen molar-refractivity contribution in [3.63, 3.8) is 0 Å². The van der Waals surface area contributed by atoms with Gasteiger partial charge in [-0.3, -0.25) is 0 Å². The third-order valence-electron chi connectivity index (χ3n) is 4.77. The summed E-state index contributed by atoms with van der Waals surface area (Å²) in [5.74, 6) is 0. The summed E-state index contributed by atoms with van der Waals surface area (Å²) in [7, 11) is 0. The van der Waals surface area contributed by atoms with E-state index in [0.29, 0.717) is 0 Å². The lowest BCUT2D eigenvalue weighted by Gasteiger charge is -2.26. The molecule has 3 aromatic rings. The fraction of sp³-hybridized carbons (Fsp3) is 0.273. The van der Waals surface area contributed by atoms with Crippen molar-refractivity contribution in [3.05, 3.63) is 59.7 Å². The molecule has 116 valence electrons. The zero-order valence-corrected chi connectivity index (χ0v) is 15.1. The first-order valence-electron chi connectivity index (χ1n) is 8.36. The molecule has 1 heterocycles. The fourth-order valence-corrected chi connectivity index (χ4v) is 4.74. The Morgan fingerprint density at radius 3 is 2.43 bits per heavy atom. The van der Waals surface area contributed by atoms with Gasteiger partial charge in [-0.15, -0.1) is 0 Å². The fourth-order valence-electron chi connectivity index (χ4n) is 3.55. The molecule has 0 saturated carbocycles. The number of hydrogen-bond acceptors (Lipinski definition) is 1. The molecule has 23 heavy (non-hydrogen) atoms. The summed E-state index contributed by atoms with van der Waals surface area (Å²) in [5.41, 5.74) is 5.79. The number of hydrogen-bond donors (Lipinski definition) is 0. The van der Waals surface area contributed by atoms with E-state index < -0.39 is 0 Å². The number of rotatable bonds is 1. The Balaban J connectivity index is 2.06. The second-order valence-corrected chi connectivity index (χ2v) is 8.46. The number of aryl methyl sites for hydroxylation is 1. The van der Waals surface area contributed by atoms with Gasteiger partial charge in [0.2, 0.25) is 0 Å². The predicted octanol–water partition coefficient (Wildman–Crippen LogP) is 6.83. The van der Waals surface area contributed by atoms with E-state index in [4.69, 9.17) is 0 Å². The molecule has 1 aliphatic rings. The monoisotopic (exact) mass is 318 g/mol. The SMILES string of the molecule is CCc1ccc2c(c1)Sc1ccc(C(C)(C)C)c3cccc-2c13. The number of fused-ring (bicyclic) bond motifs is 2. The Hall–Kier alpha value is -1.73. The highest BCUT2D eigenvalue weighted by atomic mass is 32.2. The second-order valence-electron chi connectivity index (χ2n) is 7.38. The lowest BCUT2D eigenvalue weighted by Crippen LogP contribution is -2.12. The van der Waals surface area contributed by atoms with E-state index in [1.165, 1.54) is 42.8 Å². The lowest BCUT2D eigenvalue weighted by atomic mass is 9.82. The standard InChI is InChI=1S/C22H22S/c1-5-14-9-10-15-16-7-6-8-17-18(22(2,3)4)11-12-19(21(16)17)23-20(15)13-14/h6-13H,5H2,1-4H3. The minimum absolute atomic E-state index is 0.161. The van der Waals surface area contributed by atoms with Crippen LogP contribution in [0.25, 0.3) is 21.9 Å². The van der Waals surface area contributed by atoms with Crippen molar-refractivity contribution in [3.8, 4) is 11.1 Å². The van der Waals surface area contributed by atoms with Crippen molar-refractivity contribution >= 4 is 22.5 Å². The van der Waals surface area contributed by atoms with Crippen LogP contribution in [0.2, 0.25) is 0 Å². The maximum Gasteiger partial charge on any atom is 0.0207 e. The van der Waals surface area contributed by atoms with Crippen molar-refractivity contribution in [2.75, 3.05) is 0 Å². The molecule has 0 unspecified atom stereocenters. The highest BCUT2D eigenvalue weighted by Crippen LogP contribution is 2.49. The molecule has 1 heteroatoms. The van der Waals surface area contributed by atoms with E-state index in [9.17, 15) is 0 Å². The van der Waals surface area contributed by atoms with E-state index in [0.717, 1.165) is 6.42 Å². The number of benzene rings is 3. The summed E-state index contributed by atoms with van der Waals surface area (Å²) >= 11 is 1.92. The van der Waals surface area contributed by atoms with Gasteiger partial charge in [0.25, 0.3) is 0 Å².